The molecule has 164 valence electrons. The summed E-state index contributed by atoms with van der Waals surface area (Å²) >= 11 is 0. The van der Waals surface area contributed by atoms with E-state index in [0.717, 1.165) is 18.8 Å². The van der Waals surface area contributed by atoms with E-state index >= 15 is 0 Å². The first kappa shape index (κ1) is 21.1. The first-order valence-electron chi connectivity index (χ1n) is 9.99. The van der Waals surface area contributed by atoms with Gasteiger partial charge in [0.05, 0.1) is 24.2 Å². The molecule has 2 aromatic carbocycles. The highest BCUT2D eigenvalue weighted by atomic mass is 16.6. The van der Waals surface area contributed by atoms with Gasteiger partial charge in [0.1, 0.15) is 30.5 Å². The number of rotatable bonds is 5. The minimum atomic E-state index is -0.760. The summed E-state index contributed by atoms with van der Waals surface area (Å²) in [7, 11) is 0. The summed E-state index contributed by atoms with van der Waals surface area (Å²) in [5, 5.41) is 23.4. The quantitative estimate of drug-likeness (QED) is 0.328. The van der Waals surface area contributed by atoms with Crippen LogP contribution < -0.4 is 19.7 Å². The molecule has 1 saturated heterocycles. The third kappa shape index (κ3) is 4.63. The van der Waals surface area contributed by atoms with Crippen LogP contribution in [0.5, 0.6) is 11.5 Å². The predicted molar refractivity (Wildman–Crippen MR) is 116 cm³/mol. The minimum absolute atomic E-state index is 0.0759. The lowest BCUT2D eigenvalue weighted by Crippen LogP contribution is -2.36. The van der Waals surface area contributed by atoms with E-state index in [0.29, 0.717) is 31.1 Å². The lowest BCUT2D eigenvalue weighted by molar-refractivity contribution is -0.384. The van der Waals surface area contributed by atoms with Gasteiger partial charge in [0, 0.05) is 24.8 Å². The number of nitro benzene ring substituents is 1. The van der Waals surface area contributed by atoms with Crippen molar-refractivity contribution in [2.75, 3.05) is 49.7 Å². The molecular weight excluding hydrogens is 416 g/mol. The van der Waals surface area contributed by atoms with Crippen LogP contribution in [0.2, 0.25) is 0 Å². The number of nitro groups is 1. The van der Waals surface area contributed by atoms with Crippen LogP contribution in [0.4, 0.5) is 17.1 Å². The molecule has 0 aliphatic carbocycles. The number of fused-ring (bicyclic) bond motifs is 1. The number of anilines is 2. The molecule has 10 nitrogen and oxygen atoms in total. The highest BCUT2D eigenvalue weighted by molar-refractivity contribution is 6.10. The van der Waals surface area contributed by atoms with Gasteiger partial charge in [0.2, 0.25) is 0 Å². The number of hydrogen-bond acceptors (Lipinski definition) is 8. The number of amides is 1. The molecule has 10 heteroatoms. The minimum Gasteiger partial charge on any atom is -0.486 e. The van der Waals surface area contributed by atoms with Crippen molar-refractivity contribution in [1.29, 1.82) is 5.26 Å². The van der Waals surface area contributed by atoms with Gasteiger partial charge < -0.3 is 24.4 Å². The van der Waals surface area contributed by atoms with Gasteiger partial charge in [-0.25, -0.2) is 0 Å². The van der Waals surface area contributed by atoms with Gasteiger partial charge >= 0.3 is 0 Å². The number of ether oxygens (including phenoxy) is 3. The lowest BCUT2D eigenvalue weighted by Gasteiger charge is -2.28. The topological polar surface area (TPSA) is 127 Å². The van der Waals surface area contributed by atoms with Crippen LogP contribution in [-0.4, -0.2) is 50.3 Å². The van der Waals surface area contributed by atoms with Crippen molar-refractivity contribution in [3.63, 3.8) is 0 Å². The second kappa shape index (κ2) is 9.36. The molecular formula is C22H20N4O6. The Bertz CT molecular complexity index is 1100. The Morgan fingerprint density at radius 3 is 2.38 bits per heavy atom. The van der Waals surface area contributed by atoms with Crippen molar-refractivity contribution in [3.05, 3.63) is 57.6 Å². The maximum Gasteiger partial charge on any atom is 0.296 e. The van der Waals surface area contributed by atoms with Crippen LogP contribution in [0.1, 0.15) is 5.56 Å². The number of nitrogens with zero attached hydrogens (tertiary/aromatic N) is 3. The average molecular weight is 436 g/mol. The number of nitriles is 1. The molecule has 1 amide bonds. The smallest absolute Gasteiger partial charge is 0.296 e. The molecule has 2 aromatic rings. The molecule has 1 N–H and O–H groups in total. The molecule has 0 saturated carbocycles. The van der Waals surface area contributed by atoms with Gasteiger partial charge in [0.15, 0.2) is 11.5 Å². The van der Waals surface area contributed by atoms with E-state index in [2.05, 4.69) is 10.2 Å². The van der Waals surface area contributed by atoms with Crippen molar-refractivity contribution < 1.29 is 23.9 Å². The van der Waals surface area contributed by atoms with E-state index in [9.17, 15) is 20.2 Å². The Labute approximate surface area is 183 Å². The fourth-order valence-corrected chi connectivity index (χ4v) is 3.44. The molecule has 1 fully saturated rings. The van der Waals surface area contributed by atoms with Gasteiger partial charge in [0.25, 0.3) is 11.6 Å². The van der Waals surface area contributed by atoms with Gasteiger partial charge in [-0.05, 0) is 23.8 Å². The van der Waals surface area contributed by atoms with Crippen LogP contribution in [0.15, 0.2) is 42.0 Å². The van der Waals surface area contributed by atoms with Crippen molar-refractivity contribution in [2.24, 2.45) is 0 Å². The molecule has 0 spiro atoms. The summed E-state index contributed by atoms with van der Waals surface area (Å²) in [6, 6.07) is 11.8. The van der Waals surface area contributed by atoms with E-state index in [4.69, 9.17) is 14.2 Å². The number of carbonyl (C=O) groups is 1. The molecule has 2 aliphatic heterocycles. The Kier molecular flexibility index (Phi) is 6.19. The summed E-state index contributed by atoms with van der Waals surface area (Å²) in [6.45, 7) is 3.52. The first-order chi connectivity index (χ1) is 15.5. The molecule has 0 aromatic heterocycles. The van der Waals surface area contributed by atoms with E-state index in [1.165, 1.54) is 18.2 Å². The van der Waals surface area contributed by atoms with Crippen molar-refractivity contribution >= 4 is 29.0 Å². The molecule has 0 bridgehead atoms. The molecule has 2 heterocycles. The monoisotopic (exact) mass is 436 g/mol. The summed E-state index contributed by atoms with van der Waals surface area (Å²) in [5.41, 5.74) is 1.07. The average Bonchev–Trinajstić information content (AvgIpc) is 2.82. The van der Waals surface area contributed by atoms with Crippen LogP contribution >= 0.6 is 0 Å². The fraction of sp³-hybridized carbons (Fsp3) is 0.273. The van der Waals surface area contributed by atoms with Gasteiger partial charge in [-0.15, -0.1) is 0 Å². The maximum absolute atomic E-state index is 12.7. The summed E-state index contributed by atoms with van der Waals surface area (Å²) in [4.78, 5) is 25.7. The summed E-state index contributed by atoms with van der Waals surface area (Å²) in [6.07, 6.45) is 1.43. The molecule has 0 radical (unpaired) electrons. The Morgan fingerprint density at radius 2 is 1.75 bits per heavy atom. The number of nitrogens with one attached hydrogen (secondary N) is 1. The SMILES string of the molecule is N#C/C(=C\c1ccc(N2CCOCC2)cc1)C(=O)Nc1cc2c(cc1[N+](=O)[O-])OCCO2. The highest BCUT2D eigenvalue weighted by Gasteiger charge is 2.24. The van der Waals surface area contributed by atoms with Gasteiger partial charge in [-0.3, -0.25) is 14.9 Å². The lowest BCUT2D eigenvalue weighted by atomic mass is 10.1. The zero-order chi connectivity index (χ0) is 22.5. The predicted octanol–water partition coefficient (Wildman–Crippen LogP) is 2.75. The highest BCUT2D eigenvalue weighted by Crippen LogP contribution is 2.39. The maximum atomic E-state index is 12.7. The normalized spacial score (nSPS) is 15.6. The second-order valence-electron chi connectivity index (χ2n) is 7.09. The Morgan fingerprint density at radius 1 is 1.09 bits per heavy atom. The fourth-order valence-electron chi connectivity index (χ4n) is 3.44. The van der Waals surface area contributed by atoms with Gasteiger partial charge in [-0.2, -0.15) is 5.26 Å². The van der Waals surface area contributed by atoms with Crippen LogP contribution in [0, 0.1) is 21.4 Å². The third-order valence-electron chi connectivity index (χ3n) is 5.05. The number of morpholine rings is 1. The third-order valence-corrected chi connectivity index (χ3v) is 5.05. The molecule has 2 aliphatic rings. The molecule has 32 heavy (non-hydrogen) atoms. The Balaban J connectivity index is 1.53. The van der Waals surface area contributed by atoms with E-state index in [1.54, 1.807) is 0 Å². The van der Waals surface area contributed by atoms with E-state index in [-0.39, 0.29) is 29.3 Å². The van der Waals surface area contributed by atoms with Crippen molar-refractivity contribution in [3.8, 4) is 17.6 Å². The Hall–Kier alpha value is -4.10. The first-order valence-corrected chi connectivity index (χ1v) is 9.99. The van der Waals surface area contributed by atoms with E-state index < -0.39 is 10.8 Å². The summed E-state index contributed by atoms with van der Waals surface area (Å²) in [5.74, 6) is -0.236. The zero-order valence-electron chi connectivity index (χ0n) is 17.1. The molecule has 0 atom stereocenters. The van der Waals surface area contributed by atoms with E-state index in [1.807, 2.05) is 30.3 Å². The van der Waals surface area contributed by atoms with Crippen LogP contribution in [0.3, 0.4) is 0 Å². The number of carbonyl (C=O) groups excluding carboxylic acids is 1. The summed E-state index contributed by atoms with van der Waals surface area (Å²) < 4.78 is 16.1. The van der Waals surface area contributed by atoms with Crippen molar-refractivity contribution in [2.45, 2.75) is 0 Å². The second-order valence-corrected chi connectivity index (χ2v) is 7.09. The zero-order valence-corrected chi connectivity index (χ0v) is 17.1. The van der Waals surface area contributed by atoms with Gasteiger partial charge in [-0.1, -0.05) is 12.1 Å². The van der Waals surface area contributed by atoms with Crippen LogP contribution in [-0.2, 0) is 9.53 Å². The number of hydrogen-bond donors (Lipinski definition) is 1. The van der Waals surface area contributed by atoms with Crippen molar-refractivity contribution in [1.82, 2.24) is 0 Å². The largest absolute Gasteiger partial charge is 0.486 e. The number of benzene rings is 2. The van der Waals surface area contributed by atoms with Crippen LogP contribution in [0.25, 0.3) is 6.08 Å². The molecule has 4 rings (SSSR count). The molecule has 0 unspecified atom stereocenters. The standard InChI is InChI=1S/C22H20N4O6/c23-14-16(11-15-1-3-17(4-2-15)25-5-7-30-8-6-25)22(27)24-18-12-20-21(32-10-9-31-20)13-19(18)26(28)29/h1-4,11-13H,5-10H2,(H,24,27)/b16-11+.